The van der Waals surface area contributed by atoms with Crippen LogP contribution in [0.2, 0.25) is 5.02 Å². The van der Waals surface area contributed by atoms with E-state index in [1.807, 2.05) is 18.2 Å². The van der Waals surface area contributed by atoms with Crippen LogP contribution in [0.5, 0.6) is 0 Å². The van der Waals surface area contributed by atoms with E-state index >= 15 is 0 Å². The Labute approximate surface area is 102 Å². The molecule has 0 bridgehead atoms. The summed E-state index contributed by atoms with van der Waals surface area (Å²) < 4.78 is 0. The van der Waals surface area contributed by atoms with Crippen LogP contribution in [-0.4, -0.2) is 13.1 Å². The maximum atomic E-state index is 6.21. The zero-order valence-electron chi connectivity index (χ0n) is 9.75. The summed E-state index contributed by atoms with van der Waals surface area (Å²) in [6.45, 7) is 4.50. The number of halogens is 1. The fourth-order valence-electron chi connectivity index (χ4n) is 2.47. The van der Waals surface area contributed by atoms with E-state index in [-0.39, 0.29) is 0 Å². The van der Waals surface area contributed by atoms with E-state index in [4.69, 9.17) is 17.3 Å². The molecule has 1 saturated heterocycles. The lowest BCUT2D eigenvalue weighted by atomic mass is 10.0. The average Bonchev–Trinajstić information content (AvgIpc) is 2.67. The summed E-state index contributed by atoms with van der Waals surface area (Å²) in [5.41, 5.74) is 7.57. The summed E-state index contributed by atoms with van der Waals surface area (Å²) in [6, 6.07) is 5.80. The van der Waals surface area contributed by atoms with Crippen LogP contribution in [0.4, 0.5) is 11.4 Å². The van der Waals surface area contributed by atoms with Crippen LogP contribution >= 0.6 is 11.6 Å². The highest BCUT2D eigenvalue weighted by Gasteiger charge is 2.23. The molecule has 2 rings (SSSR count). The van der Waals surface area contributed by atoms with Gasteiger partial charge in [0.1, 0.15) is 0 Å². The number of benzene rings is 1. The molecule has 0 aromatic heterocycles. The number of anilines is 2. The van der Waals surface area contributed by atoms with E-state index in [0.29, 0.717) is 0 Å². The summed E-state index contributed by atoms with van der Waals surface area (Å²) in [4.78, 5) is 2.38. The number of nitrogen functional groups attached to an aromatic ring is 1. The predicted octanol–water partition coefficient (Wildman–Crippen LogP) is 3.55. The first kappa shape index (κ1) is 11.6. The Morgan fingerprint density at radius 3 is 3.00 bits per heavy atom. The number of rotatable bonds is 3. The summed E-state index contributed by atoms with van der Waals surface area (Å²) >= 11 is 6.21. The van der Waals surface area contributed by atoms with Gasteiger partial charge in [-0.15, -0.1) is 0 Å². The number of nitrogens with zero attached hydrogens (tertiary/aromatic N) is 1. The first-order valence-electron chi connectivity index (χ1n) is 6.00. The van der Waals surface area contributed by atoms with Gasteiger partial charge in [0.25, 0.3) is 0 Å². The van der Waals surface area contributed by atoms with Gasteiger partial charge in [0, 0.05) is 18.8 Å². The molecule has 88 valence electrons. The van der Waals surface area contributed by atoms with Crippen molar-refractivity contribution in [2.45, 2.75) is 26.2 Å². The lowest BCUT2D eigenvalue weighted by molar-refractivity contribution is 0.530. The van der Waals surface area contributed by atoms with E-state index in [0.717, 1.165) is 35.4 Å². The molecule has 1 aromatic carbocycles. The van der Waals surface area contributed by atoms with E-state index in [1.54, 1.807) is 0 Å². The molecule has 16 heavy (non-hydrogen) atoms. The summed E-state index contributed by atoms with van der Waals surface area (Å²) in [6.07, 6.45) is 3.88. The van der Waals surface area contributed by atoms with Crippen LogP contribution in [0.25, 0.3) is 0 Å². The van der Waals surface area contributed by atoms with Gasteiger partial charge in [-0.05, 0) is 37.0 Å². The van der Waals surface area contributed by atoms with E-state index < -0.39 is 0 Å². The molecule has 0 saturated carbocycles. The minimum atomic E-state index is 0.734. The molecule has 0 aliphatic carbocycles. The third kappa shape index (κ3) is 2.43. The van der Waals surface area contributed by atoms with Gasteiger partial charge in [0.05, 0.1) is 10.7 Å². The molecule has 3 heteroatoms. The maximum absolute atomic E-state index is 6.21. The average molecular weight is 239 g/mol. The molecule has 1 fully saturated rings. The molecular formula is C13H19ClN2. The quantitative estimate of drug-likeness (QED) is 0.816. The van der Waals surface area contributed by atoms with Gasteiger partial charge in [-0.1, -0.05) is 24.9 Å². The van der Waals surface area contributed by atoms with Gasteiger partial charge in [-0.2, -0.15) is 0 Å². The largest absolute Gasteiger partial charge is 0.399 e. The van der Waals surface area contributed by atoms with Crippen molar-refractivity contribution in [2.75, 3.05) is 23.7 Å². The molecule has 0 spiro atoms. The van der Waals surface area contributed by atoms with Crippen LogP contribution in [-0.2, 0) is 0 Å². The van der Waals surface area contributed by atoms with Gasteiger partial charge < -0.3 is 10.6 Å². The zero-order chi connectivity index (χ0) is 11.5. The smallest absolute Gasteiger partial charge is 0.0660 e. The van der Waals surface area contributed by atoms with Crippen molar-refractivity contribution >= 4 is 23.0 Å². The van der Waals surface area contributed by atoms with Gasteiger partial charge in [-0.3, -0.25) is 0 Å². The molecule has 1 atom stereocenters. The van der Waals surface area contributed by atoms with Crippen molar-refractivity contribution in [1.29, 1.82) is 0 Å². The van der Waals surface area contributed by atoms with Crippen molar-refractivity contribution in [2.24, 2.45) is 5.92 Å². The predicted molar refractivity (Wildman–Crippen MR) is 71.1 cm³/mol. The Morgan fingerprint density at radius 2 is 2.31 bits per heavy atom. The Kier molecular flexibility index (Phi) is 3.59. The lowest BCUT2D eigenvalue weighted by Gasteiger charge is -2.20. The molecule has 2 N–H and O–H groups in total. The van der Waals surface area contributed by atoms with Crippen LogP contribution in [0, 0.1) is 5.92 Å². The second-order valence-corrected chi connectivity index (χ2v) is 5.01. The number of nitrogens with two attached hydrogens (primary N) is 1. The Bertz CT molecular complexity index is 365. The lowest BCUT2D eigenvalue weighted by Crippen LogP contribution is -2.19. The minimum absolute atomic E-state index is 0.734. The fraction of sp³-hybridized carbons (Fsp3) is 0.538. The molecule has 1 aromatic rings. The highest BCUT2D eigenvalue weighted by molar-refractivity contribution is 6.33. The van der Waals surface area contributed by atoms with Crippen molar-refractivity contribution in [3.05, 3.63) is 23.2 Å². The van der Waals surface area contributed by atoms with Crippen LogP contribution in [0.1, 0.15) is 26.2 Å². The van der Waals surface area contributed by atoms with Crippen molar-refractivity contribution in [1.82, 2.24) is 0 Å². The fourth-order valence-corrected chi connectivity index (χ4v) is 2.78. The summed E-state index contributed by atoms with van der Waals surface area (Å²) in [5.74, 6) is 0.832. The third-order valence-electron chi connectivity index (χ3n) is 3.30. The monoisotopic (exact) mass is 238 g/mol. The van der Waals surface area contributed by atoms with E-state index in [1.165, 1.54) is 19.3 Å². The topological polar surface area (TPSA) is 29.3 Å². The second-order valence-electron chi connectivity index (χ2n) is 4.60. The molecule has 1 aliphatic rings. The standard InChI is InChI=1S/C13H19ClN2/c1-2-3-10-6-7-16(9-10)13-5-4-11(15)8-12(13)14/h4-5,8,10H,2-3,6-7,9,15H2,1H3. The Morgan fingerprint density at radius 1 is 1.50 bits per heavy atom. The Hall–Kier alpha value is -0.890. The molecule has 0 radical (unpaired) electrons. The molecule has 1 aliphatic heterocycles. The van der Waals surface area contributed by atoms with Gasteiger partial charge in [0.15, 0.2) is 0 Å². The van der Waals surface area contributed by atoms with Crippen molar-refractivity contribution in [3.8, 4) is 0 Å². The third-order valence-corrected chi connectivity index (χ3v) is 3.60. The van der Waals surface area contributed by atoms with Crippen LogP contribution < -0.4 is 10.6 Å². The highest BCUT2D eigenvalue weighted by Crippen LogP contribution is 2.32. The number of hydrogen-bond donors (Lipinski definition) is 1. The molecule has 1 unspecified atom stereocenters. The maximum Gasteiger partial charge on any atom is 0.0660 e. The van der Waals surface area contributed by atoms with Crippen molar-refractivity contribution in [3.63, 3.8) is 0 Å². The second kappa shape index (κ2) is 4.96. The molecule has 0 amide bonds. The van der Waals surface area contributed by atoms with Crippen molar-refractivity contribution < 1.29 is 0 Å². The minimum Gasteiger partial charge on any atom is -0.399 e. The summed E-state index contributed by atoms with van der Waals surface area (Å²) in [7, 11) is 0. The van der Waals surface area contributed by atoms with E-state index in [9.17, 15) is 0 Å². The Balaban J connectivity index is 2.08. The number of hydrogen-bond acceptors (Lipinski definition) is 2. The van der Waals surface area contributed by atoms with Crippen LogP contribution in [0.3, 0.4) is 0 Å². The van der Waals surface area contributed by atoms with Gasteiger partial charge in [-0.25, -0.2) is 0 Å². The van der Waals surface area contributed by atoms with Gasteiger partial charge >= 0.3 is 0 Å². The van der Waals surface area contributed by atoms with E-state index in [2.05, 4.69) is 11.8 Å². The molecule has 2 nitrogen and oxygen atoms in total. The first-order valence-corrected chi connectivity index (χ1v) is 6.38. The SMILES string of the molecule is CCCC1CCN(c2ccc(N)cc2Cl)C1. The first-order chi connectivity index (χ1) is 7.70. The molecular weight excluding hydrogens is 220 g/mol. The van der Waals surface area contributed by atoms with Crippen LogP contribution in [0.15, 0.2) is 18.2 Å². The highest BCUT2D eigenvalue weighted by atomic mass is 35.5. The van der Waals surface area contributed by atoms with Gasteiger partial charge in [0.2, 0.25) is 0 Å². The molecule has 1 heterocycles. The summed E-state index contributed by atoms with van der Waals surface area (Å²) in [5, 5.41) is 0.775. The normalized spacial score (nSPS) is 20.4. The zero-order valence-corrected chi connectivity index (χ0v) is 10.5.